The Hall–Kier alpha value is -2.51. The molecule has 1 spiro atoms. The molecule has 44 heavy (non-hydrogen) atoms. The van der Waals surface area contributed by atoms with E-state index in [1.165, 1.54) is 6.92 Å². The fourth-order valence-electron chi connectivity index (χ4n) is 8.87. The number of rotatable bonds is 9. The second kappa shape index (κ2) is 13.5. The van der Waals surface area contributed by atoms with Gasteiger partial charge in [0.25, 0.3) is 0 Å². The number of unbranched alkanes of at least 4 members (excludes halogenated alkanes) is 2. The number of aliphatic carboxylic acids is 1. The lowest BCUT2D eigenvalue weighted by Gasteiger charge is -2.67. The molecule has 0 aromatic carbocycles. The molecule has 8 atom stereocenters. The Morgan fingerprint density at radius 1 is 1.11 bits per heavy atom. The van der Waals surface area contributed by atoms with Crippen molar-refractivity contribution in [2.75, 3.05) is 20.3 Å². The van der Waals surface area contributed by atoms with Gasteiger partial charge in [-0.25, -0.2) is 4.79 Å². The van der Waals surface area contributed by atoms with E-state index in [2.05, 4.69) is 20.4 Å². The van der Waals surface area contributed by atoms with Crippen LogP contribution in [0.5, 0.6) is 0 Å². The van der Waals surface area contributed by atoms with E-state index < -0.39 is 53.1 Å². The van der Waals surface area contributed by atoms with E-state index in [1.54, 1.807) is 7.11 Å². The van der Waals surface area contributed by atoms with E-state index in [1.807, 2.05) is 0 Å². The third kappa shape index (κ3) is 6.42. The number of carbonyl (C=O) groups excluding carboxylic acids is 3. The van der Waals surface area contributed by atoms with Gasteiger partial charge in [-0.2, -0.15) is 13.2 Å². The standard InChI is InChI=1S/C29H45NO7.C2HF3O2/c1-17-19-14-20(32)24-28(16-36-18(2)31)12-9-11-27(3,4)21(28)15-22(35-5)29(24,25(17)34)26(19)37-23(33)10-7-6-8-13-30;3-2(4,5)1(6)7/h19-22,24,26,32H,1,6-16,30H2,2-5H3;(H,6,7)/t19-,20-,21+,22+,24-,26+,28-,29+;/m0./s1. The lowest BCUT2D eigenvalue weighted by atomic mass is 9.39. The number of carboxylic acids is 1. The van der Waals surface area contributed by atoms with Gasteiger partial charge in [0.05, 0.1) is 18.8 Å². The highest BCUT2D eigenvalue weighted by atomic mass is 19.4. The first-order chi connectivity index (χ1) is 20.4. The Labute approximate surface area is 255 Å². The summed E-state index contributed by atoms with van der Waals surface area (Å²) in [5.41, 5.74) is 3.98. The molecule has 4 N–H and O–H groups in total. The molecule has 0 aliphatic heterocycles. The predicted octanol–water partition coefficient (Wildman–Crippen LogP) is 3.97. The fraction of sp³-hybridized carbons (Fsp3) is 0.806. The molecule has 0 amide bonds. The summed E-state index contributed by atoms with van der Waals surface area (Å²) in [6.07, 6.45) is -1.18. The average Bonchev–Trinajstić information content (AvgIpc) is 3.05. The van der Waals surface area contributed by atoms with Crippen LogP contribution in [0, 0.1) is 34.0 Å². The summed E-state index contributed by atoms with van der Waals surface area (Å²) in [5.74, 6) is -4.65. The maximum absolute atomic E-state index is 14.3. The van der Waals surface area contributed by atoms with E-state index in [-0.39, 0.29) is 48.5 Å². The minimum atomic E-state index is -5.08. The maximum atomic E-state index is 14.3. The summed E-state index contributed by atoms with van der Waals surface area (Å²) in [4.78, 5) is 48.3. The number of nitrogens with two attached hydrogens (primary N) is 1. The molecule has 13 heteroatoms. The summed E-state index contributed by atoms with van der Waals surface area (Å²) in [7, 11) is 1.60. The summed E-state index contributed by atoms with van der Waals surface area (Å²) in [6.45, 7) is 10.7. The molecular weight excluding hydrogens is 587 g/mol. The lowest BCUT2D eigenvalue weighted by molar-refractivity contribution is -0.272. The number of carboxylic acid groups (broad SMARTS) is 1. The fourth-order valence-corrected chi connectivity index (χ4v) is 8.87. The van der Waals surface area contributed by atoms with Gasteiger partial charge >= 0.3 is 24.1 Å². The largest absolute Gasteiger partial charge is 0.490 e. The van der Waals surface area contributed by atoms with Gasteiger partial charge in [-0.15, -0.1) is 0 Å². The number of ketones is 1. The summed E-state index contributed by atoms with van der Waals surface area (Å²) >= 11 is 0. The molecule has 4 fully saturated rings. The number of methoxy groups -OCH3 is 1. The Bertz CT molecular complexity index is 1130. The first-order valence-electron chi connectivity index (χ1n) is 15.2. The second-order valence-electron chi connectivity index (χ2n) is 13.4. The molecule has 0 unspecified atom stereocenters. The van der Waals surface area contributed by atoms with Gasteiger partial charge in [0.2, 0.25) is 0 Å². The Morgan fingerprint density at radius 2 is 1.75 bits per heavy atom. The van der Waals surface area contributed by atoms with Crippen LogP contribution in [0.4, 0.5) is 13.2 Å². The van der Waals surface area contributed by atoms with Crippen molar-refractivity contribution in [2.24, 2.45) is 39.7 Å². The third-order valence-corrected chi connectivity index (χ3v) is 10.5. The van der Waals surface area contributed by atoms with E-state index in [0.29, 0.717) is 25.0 Å². The molecular formula is C31H46F3NO9. The molecule has 0 aromatic rings. The predicted molar refractivity (Wildman–Crippen MR) is 151 cm³/mol. The number of fused-ring (bicyclic) bond motifs is 3. The first kappa shape index (κ1) is 36.0. The van der Waals surface area contributed by atoms with Crippen molar-refractivity contribution < 1.29 is 56.8 Å². The zero-order chi connectivity index (χ0) is 33.3. The van der Waals surface area contributed by atoms with E-state index in [9.17, 15) is 32.7 Å². The summed E-state index contributed by atoms with van der Waals surface area (Å²) < 4.78 is 49.7. The molecule has 4 rings (SSSR count). The molecule has 2 bridgehead atoms. The van der Waals surface area contributed by atoms with Crippen molar-refractivity contribution in [1.82, 2.24) is 0 Å². The van der Waals surface area contributed by atoms with Crippen molar-refractivity contribution in [1.29, 1.82) is 0 Å². The molecule has 0 aromatic heterocycles. The lowest BCUT2D eigenvalue weighted by Crippen LogP contribution is -2.72. The van der Waals surface area contributed by atoms with Gasteiger partial charge in [-0.3, -0.25) is 14.4 Å². The van der Waals surface area contributed by atoms with Crippen LogP contribution in [-0.2, 0) is 33.4 Å². The number of aliphatic hydroxyl groups is 1. The SMILES string of the molecule is C=C1C(=O)[C@]23[C@H](OC(=O)CCCCCN)[C@H]1C[C@H](O)[C@H]2[C@]1(COC(C)=O)CCCC(C)(C)[C@H]1C[C@H]3OC.O=C(O)C(F)(F)F. The van der Waals surface area contributed by atoms with E-state index in [0.717, 1.165) is 32.1 Å². The van der Waals surface area contributed by atoms with Gasteiger partial charge in [0, 0.05) is 37.7 Å². The van der Waals surface area contributed by atoms with Gasteiger partial charge in [-0.1, -0.05) is 33.3 Å². The number of ether oxygens (including phenoxy) is 3. The van der Waals surface area contributed by atoms with Gasteiger partial charge in [0.1, 0.15) is 11.5 Å². The molecule has 10 nitrogen and oxygen atoms in total. The van der Waals surface area contributed by atoms with Crippen LogP contribution in [0.25, 0.3) is 0 Å². The van der Waals surface area contributed by atoms with Crippen LogP contribution in [0.3, 0.4) is 0 Å². The average molecular weight is 634 g/mol. The topological polar surface area (TPSA) is 162 Å². The third-order valence-electron chi connectivity index (χ3n) is 10.5. The molecule has 250 valence electrons. The summed E-state index contributed by atoms with van der Waals surface area (Å²) in [6, 6.07) is 0. The van der Waals surface area contributed by atoms with Crippen molar-refractivity contribution in [3.05, 3.63) is 12.2 Å². The van der Waals surface area contributed by atoms with Gasteiger partial charge in [0.15, 0.2) is 5.78 Å². The second-order valence-corrected chi connectivity index (χ2v) is 13.4. The van der Waals surface area contributed by atoms with Crippen molar-refractivity contribution >= 4 is 23.7 Å². The molecule has 0 heterocycles. The van der Waals surface area contributed by atoms with Crippen LogP contribution in [0.2, 0.25) is 0 Å². The number of aliphatic hydroxyl groups excluding tert-OH is 1. The van der Waals surface area contributed by atoms with E-state index in [4.69, 9.17) is 29.8 Å². The minimum absolute atomic E-state index is 0.0501. The van der Waals surface area contributed by atoms with Gasteiger partial charge < -0.3 is 30.2 Å². The number of hydrogen-bond acceptors (Lipinski definition) is 9. The Kier molecular flexibility index (Phi) is 11.0. The van der Waals surface area contributed by atoms with Crippen molar-refractivity contribution in [3.63, 3.8) is 0 Å². The Morgan fingerprint density at radius 3 is 2.30 bits per heavy atom. The molecule has 4 aliphatic carbocycles. The van der Waals surface area contributed by atoms with Crippen LogP contribution in [0.1, 0.15) is 78.6 Å². The molecule has 4 saturated carbocycles. The van der Waals surface area contributed by atoms with E-state index >= 15 is 0 Å². The monoisotopic (exact) mass is 633 g/mol. The first-order valence-corrected chi connectivity index (χ1v) is 15.2. The highest BCUT2D eigenvalue weighted by molar-refractivity contribution is 6.05. The number of hydrogen-bond donors (Lipinski definition) is 3. The molecule has 0 radical (unpaired) electrons. The van der Waals surface area contributed by atoms with Gasteiger partial charge in [-0.05, 0) is 62.0 Å². The maximum Gasteiger partial charge on any atom is 0.490 e. The highest BCUT2D eigenvalue weighted by Crippen LogP contribution is 2.72. The Balaban J connectivity index is 0.000000676. The normalized spacial score (nSPS) is 35.5. The molecule has 0 saturated heterocycles. The van der Waals surface area contributed by atoms with Crippen LogP contribution < -0.4 is 5.73 Å². The molecule has 4 aliphatic rings. The summed E-state index contributed by atoms with van der Waals surface area (Å²) in [5, 5.41) is 18.9. The number of halogens is 3. The highest BCUT2D eigenvalue weighted by Gasteiger charge is 2.78. The number of Topliss-reactive ketones (excluding diaryl/α,β-unsaturated/α-hetero) is 1. The zero-order valence-corrected chi connectivity index (χ0v) is 25.9. The number of carbonyl (C=O) groups is 4. The van der Waals surface area contributed by atoms with Crippen molar-refractivity contribution in [3.8, 4) is 0 Å². The zero-order valence-electron chi connectivity index (χ0n) is 25.9. The van der Waals surface area contributed by atoms with Crippen LogP contribution >= 0.6 is 0 Å². The van der Waals surface area contributed by atoms with Crippen molar-refractivity contribution in [2.45, 2.75) is 103 Å². The quantitative estimate of drug-likeness (QED) is 0.192. The van der Waals surface area contributed by atoms with Crippen LogP contribution in [-0.4, -0.2) is 78.7 Å². The number of esters is 2. The smallest absolute Gasteiger partial charge is 0.475 e. The van der Waals surface area contributed by atoms with Crippen LogP contribution in [0.15, 0.2) is 12.2 Å². The minimum Gasteiger partial charge on any atom is -0.475 e. The number of alkyl halides is 3.